The molecule has 3 rings (SSSR count). The Balaban J connectivity index is 1.96. The van der Waals surface area contributed by atoms with Crippen molar-refractivity contribution in [2.24, 2.45) is 17.3 Å². The summed E-state index contributed by atoms with van der Waals surface area (Å²) in [6, 6.07) is -0.625. The summed E-state index contributed by atoms with van der Waals surface area (Å²) in [7, 11) is 0. The highest BCUT2D eigenvalue weighted by Crippen LogP contribution is 2.60. The number of aliphatic carboxylic acids is 1. The third-order valence-corrected chi connectivity index (χ3v) is 4.64. The normalized spacial score (nSPS) is 47.5. The summed E-state index contributed by atoms with van der Waals surface area (Å²) in [5, 5.41) is 11.8. The molecule has 1 amide bonds. The van der Waals surface area contributed by atoms with Crippen molar-refractivity contribution in [3.8, 4) is 0 Å². The molecule has 15 heavy (non-hydrogen) atoms. The number of amides is 1. The molecule has 1 spiro atoms. The van der Waals surface area contributed by atoms with E-state index in [-0.39, 0.29) is 11.3 Å². The van der Waals surface area contributed by atoms with Crippen LogP contribution in [-0.4, -0.2) is 23.0 Å². The zero-order valence-corrected chi connectivity index (χ0v) is 8.53. The summed E-state index contributed by atoms with van der Waals surface area (Å²) < 4.78 is 0. The predicted octanol–water partition coefficient (Wildman–Crippen LogP) is 0.766. The molecule has 0 radical (unpaired) electrons. The summed E-state index contributed by atoms with van der Waals surface area (Å²) in [6.07, 6.45) is 4.85. The number of carboxylic acids is 1. The van der Waals surface area contributed by atoms with Gasteiger partial charge in [-0.1, -0.05) is 6.42 Å². The first kappa shape index (κ1) is 9.19. The molecule has 0 aromatic rings. The second-order valence-corrected chi connectivity index (χ2v) is 5.33. The standard InChI is InChI=1S/C11H15NO3/c13-8-5-11(9(12-8)10(14)15)4-6-1-2-7(11)3-6/h6-7,9H,1-5H2,(H,12,13)(H,14,15). The zero-order chi connectivity index (χ0) is 10.6. The molecule has 0 aromatic carbocycles. The van der Waals surface area contributed by atoms with Crippen molar-refractivity contribution >= 4 is 11.9 Å². The molecule has 4 nitrogen and oxygen atoms in total. The Morgan fingerprint density at radius 2 is 2.27 bits per heavy atom. The Bertz CT molecular complexity index is 341. The van der Waals surface area contributed by atoms with Gasteiger partial charge in [0.15, 0.2) is 0 Å². The summed E-state index contributed by atoms with van der Waals surface area (Å²) in [6.45, 7) is 0. The highest BCUT2D eigenvalue weighted by molar-refractivity contribution is 5.89. The van der Waals surface area contributed by atoms with Gasteiger partial charge in [0.1, 0.15) is 6.04 Å². The van der Waals surface area contributed by atoms with Gasteiger partial charge in [-0.3, -0.25) is 4.79 Å². The van der Waals surface area contributed by atoms with E-state index < -0.39 is 12.0 Å². The van der Waals surface area contributed by atoms with Crippen LogP contribution in [0.15, 0.2) is 0 Å². The average Bonchev–Trinajstić information content (AvgIpc) is 2.79. The lowest BCUT2D eigenvalue weighted by Gasteiger charge is -2.35. The zero-order valence-electron chi connectivity index (χ0n) is 8.53. The van der Waals surface area contributed by atoms with Gasteiger partial charge in [0.05, 0.1) is 0 Å². The highest BCUT2D eigenvalue weighted by Gasteiger charge is 2.61. The van der Waals surface area contributed by atoms with Crippen molar-refractivity contribution < 1.29 is 14.7 Å². The van der Waals surface area contributed by atoms with E-state index in [1.165, 1.54) is 6.42 Å². The summed E-state index contributed by atoms with van der Waals surface area (Å²) in [5.41, 5.74) is -0.244. The quantitative estimate of drug-likeness (QED) is 0.670. The Hall–Kier alpha value is -1.06. The molecule has 0 aromatic heterocycles. The molecule has 3 aliphatic rings. The van der Waals surface area contributed by atoms with E-state index in [1.54, 1.807) is 0 Å². The van der Waals surface area contributed by atoms with Gasteiger partial charge in [0, 0.05) is 11.8 Å². The van der Waals surface area contributed by atoms with Crippen LogP contribution >= 0.6 is 0 Å². The number of carbonyl (C=O) groups is 2. The van der Waals surface area contributed by atoms with E-state index in [4.69, 9.17) is 0 Å². The van der Waals surface area contributed by atoms with E-state index in [0.29, 0.717) is 18.3 Å². The van der Waals surface area contributed by atoms with Crippen LogP contribution in [0.1, 0.15) is 32.1 Å². The average molecular weight is 209 g/mol. The predicted molar refractivity (Wildman–Crippen MR) is 52.1 cm³/mol. The Morgan fingerprint density at radius 3 is 2.80 bits per heavy atom. The van der Waals surface area contributed by atoms with Gasteiger partial charge in [-0.25, -0.2) is 4.79 Å². The number of hydrogen-bond donors (Lipinski definition) is 2. The minimum absolute atomic E-state index is 0.0741. The fourth-order valence-electron chi connectivity index (χ4n) is 4.12. The second-order valence-electron chi connectivity index (χ2n) is 5.33. The first-order valence-electron chi connectivity index (χ1n) is 5.64. The van der Waals surface area contributed by atoms with Crippen LogP contribution in [0.4, 0.5) is 0 Å². The van der Waals surface area contributed by atoms with Crippen molar-refractivity contribution in [2.75, 3.05) is 0 Å². The van der Waals surface area contributed by atoms with Crippen molar-refractivity contribution in [3.63, 3.8) is 0 Å². The summed E-state index contributed by atoms with van der Waals surface area (Å²) in [4.78, 5) is 22.6. The molecule has 1 heterocycles. The molecule has 1 saturated heterocycles. The minimum Gasteiger partial charge on any atom is -0.480 e. The van der Waals surface area contributed by atoms with Gasteiger partial charge in [0.25, 0.3) is 0 Å². The molecule has 4 unspecified atom stereocenters. The van der Waals surface area contributed by atoms with E-state index in [9.17, 15) is 14.7 Å². The van der Waals surface area contributed by atoms with Crippen molar-refractivity contribution in [1.82, 2.24) is 5.32 Å². The largest absolute Gasteiger partial charge is 0.480 e. The van der Waals surface area contributed by atoms with E-state index in [2.05, 4.69) is 5.32 Å². The van der Waals surface area contributed by atoms with Gasteiger partial charge in [-0.2, -0.15) is 0 Å². The number of carboxylic acid groups (broad SMARTS) is 1. The fourth-order valence-corrected chi connectivity index (χ4v) is 4.12. The Labute approximate surface area is 88.0 Å². The smallest absolute Gasteiger partial charge is 0.326 e. The number of hydrogen-bond acceptors (Lipinski definition) is 2. The maximum absolute atomic E-state index is 11.4. The molecule has 2 aliphatic carbocycles. The lowest BCUT2D eigenvalue weighted by molar-refractivity contribution is -0.143. The molecule has 3 fully saturated rings. The van der Waals surface area contributed by atoms with Crippen molar-refractivity contribution in [2.45, 2.75) is 38.1 Å². The number of nitrogens with one attached hydrogen (secondary N) is 1. The third-order valence-electron chi connectivity index (χ3n) is 4.64. The van der Waals surface area contributed by atoms with Crippen molar-refractivity contribution in [1.29, 1.82) is 0 Å². The molecule has 2 N–H and O–H groups in total. The lowest BCUT2D eigenvalue weighted by atomic mass is 9.68. The molecular formula is C11H15NO3. The molecular weight excluding hydrogens is 194 g/mol. The lowest BCUT2D eigenvalue weighted by Crippen LogP contribution is -2.46. The maximum Gasteiger partial charge on any atom is 0.326 e. The van der Waals surface area contributed by atoms with Crippen LogP contribution in [-0.2, 0) is 9.59 Å². The Kier molecular flexibility index (Phi) is 1.68. The fraction of sp³-hybridized carbons (Fsp3) is 0.818. The van der Waals surface area contributed by atoms with Crippen LogP contribution in [0.2, 0.25) is 0 Å². The van der Waals surface area contributed by atoms with Gasteiger partial charge in [0.2, 0.25) is 5.91 Å². The van der Waals surface area contributed by atoms with Gasteiger partial charge >= 0.3 is 5.97 Å². The molecule has 1 aliphatic heterocycles. The van der Waals surface area contributed by atoms with Crippen LogP contribution in [0.5, 0.6) is 0 Å². The van der Waals surface area contributed by atoms with Crippen LogP contribution in [0.25, 0.3) is 0 Å². The monoisotopic (exact) mass is 209 g/mol. The highest BCUT2D eigenvalue weighted by atomic mass is 16.4. The topological polar surface area (TPSA) is 66.4 Å². The van der Waals surface area contributed by atoms with Gasteiger partial charge in [-0.05, 0) is 31.1 Å². The third kappa shape index (κ3) is 1.08. The first-order chi connectivity index (χ1) is 7.12. The molecule has 82 valence electrons. The summed E-state index contributed by atoms with van der Waals surface area (Å²) >= 11 is 0. The van der Waals surface area contributed by atoms with E-state index in [1.807, 2.05) is 0 Å². The molecule has 4 heteroatoms. The van der Waals surface area contributed by atoms with Crippen LogP contribution < -0.4 is 5.32 Å². The van der Waals surface area contributed by atoms with Gasteiger partial charge in [-0.15, -0.1) is 0 Å². The van der Waals surface area contributed by atoms with Crippen LogP contribution in [0, 0.1) is 17.3 Å². The first-order valence-corrected chi connectivity index (χ1v) is 5.64. The van der Waals surface area contributed by atoms with Crippen LogP contribution in [0.3, 0.4) is 0 Å². The number of rotatable bonds is 1. The number of carbonyl (C=O) groups excluding carboxylic acids is 1. The van der Waals surface area contributed by atoms with Crippen molar-refractivity contribution in [3.05, 3.63) is 0 Å². The maximum atomic E-state index is 11.4. The van der Waals surface area contributed by atoms with E-state index >= 15 is 0 Å². The van der Waals surface area contributed by atoms with Gasteiger partial charge < -0.3 is 10.4 Å². The summed E-state index contributed by atoms with van der Waals surface area (Å²) in [5.74, 6) is 0.204. The number of fused-ring (bicyclic) bond motifs is 3. The molecule has 2 bridgehead atoms. The van der Waals surface area contributed by atoms with E-state index in [0.717, 1.165) is 19.3 Å². The molecule has 2 saturated carbocycles. The minimum atomic E-state index is -0.853. The molecule has 4 atom stereocenters. The second kappa shape index (κ2) is 2.74. The SMILES string of the molecule is O=C1CC2(CC3CCC2C3)C(C(=O)O)N1. The Morgan fingerprint density at radius 1 is 1.47 bits per heavy atom.